The molecule has 2 N–H and O–H groups in total. The van der Waals surface area contributed by atoms with Crippen LogP contribution in [0.15, 0.2) is 84.9 Å². The third-order valence-electron chi connectivity index (χ3n) is 5.15. The minimum atomic E-state index is -0.760. The van der Waals surface area contributed by atoms with E-state index in [1.807, 2.05) is 48.5 Å². The lowest BCUT2D eigenvalue weighted by Gasteiger charge is -2.13. The van der Waals surface area contributed by atoms with Gasteiger partial charge in [0.15, 0.2) is 0 Å². The molecule has 0 aliphatic carbocycles. The minimum Gasteiger partial charge on any atom is -0.398 e. The first-order valence-electron chi connectivity index (χ1n) is 9.59. The lowest BCUT2D eigenvalue weighted by Crippen LogP contribution is -2.37. The van der Waals surface area contributed by atoms with Crippen molar-refractivity contribution in [1.82, 2.24) is 14.7 Å². The standard InChI is InChI=1S/C24H16N4O3/c25-18-13-7-12-17-21(18)24(31)27(22(17)29)23(30)20-14-19(15-8-3-1-4-9-15)26-28(20)16-10-5-2-6-11-16/h1-14H,25H2. The molecular formula is C24H16N4O3. The van der Waals surface area contributed by atoms with Gasteiger partial charge in [-0.3, -0.25) is 14.4 Å². The number of carbonyl (C=O) groups is 3. The first-order valence-corrected chi connectivity index (χ1v) is 9.59. The van der Waals surface area contributed by atoms with Crippen LogP contribution < -0.4 is 5.73 Å². The van der Waals surface area contributed by atoms with Gasteiger partial charge in [0.2, 0.25) is 0 Å². The Kier molecular flexibility index (Phi) is 4.22. The van der Waals surface area contributed by atoms with Gasteiger partial charge < -0.3 is 5.73 Å². The molecule has 3 aromatic carbocycles. The molecule has 0 radical (unpaired) electrons. The van der Waals surface area contributed by atoms with E-state index in [9.17, 15) is 14.4 Å². The second kappa shape index (κ2) is 7.07. The number of imide groups is 3. The highest BCUT2D eigenvalue weighted by Crippen LogP contribution is 2.30. The number of carbonyl (C=O) groups excluding carboxylic acids is 3. The fraction of sp³-hybridized carbons (Fsp3) is 0. The highest BCUT2D eigenvalue weighted by Gasteiger charge is 2.42. The van der Waals surface area contributed by atoms with Crippen LogP contribution in [0, 0.1) is 0 Å². The van der Waals surface area contributed by atoms with Gasteiger partial charge in [0.1, 0.15) is 5.69 Å². The highest BCUT2D eigenvalue weighted by atomic mass is 16.2. The van der Waals surface area contributed by atoms with Gasteiger partial charge in [0, 0.05) is 11.3 Å². The summed E-state index contributed by atoms with van der Waals surface area (Å²) in [5, 5.41) is 4.58. The van der Waals surface area contributed by atoms with E-state index in [0.717, 1.165) is 5.56 Å². The molecule has 1 aliphatic rings. The van der Waals surface area contributed by atoms with Crippen molar-refractivity contribution in [3.63, 3.8) is 0 Å². The number of nitrogens with zero attached hydrogens (tertiary/aromatic N) is 3. The maximum Gasteiger partial charge on any atom is 0.286 e. The van der Waals surface area contributed by atoms with E-state index in [0.29, 0.717) is 16.3 Å². The molecule has 0 spiro atoms. The molecule has 7 nitrogen and oxygen atoms in total. The van der Waals surface area contributed by atoms with Crippen LogP contribution in [-0.2, 0) is 0 Å². The molecular weight excluding hydrogens is 392 g/mol. The molecule has 2 heterocycles. The highest BCUT2D eigenvalue weighted by molar-refractivity contribution is 6.32. The molecule has 5 rings (SSSR count). The number of fused-ring (bicyclic) bond motifs is 1. The van der Waals surface area contributed by atoms with Crippen molar-refractivity contribution in [3.8, 4) is 16.9 Å². The van der Waals surface area contributed by atoms with Gasteiger partial charge in [-0.15, -0.1) is 0 Å². The van der Waals surface area contributed by atoms with E-state index in [2.05, 4.69) is 5.10 Å². The molecule has 31 heavy (non-hydrogen) atoms. The fourth-order valence-corrected chi connectivity index (χ4v) is 3.66. The van der Waals surface area contributed by atoms with Crippen LogP contribution in [0.25, 0.3) is 16.9 Å². The lowest BCUT2D eigenvalue weighted by molar-refractivity contribution is 0.0562. The van der Waals surface area contributed by atoms with Crippen LogP contribution in [0.5, 0.6) is 0 Å². The maximum absolute atomic E-state index is 13.5. The van der Waals surface area contributed by atoms with E-state index >= 15 is 0 Å². The van der Waals surface area contributed by atoms with Gasteiger partial charge in [-0.1, -0.05) is 54.6 Å². The number of nitrogens with two attached hydrogens (primary N) is 1. The van der Waals surface area contributed by atoms with Crippen molar-refractivity contribution in [2.24, 2.45) is 0 Å². The Hall–Kier alpha value is -4.52. The molecule has 1 aromatic heterocycles. The molecule has 0 unspecified atom stereocenters. The molecule has 0 bridgehead atoms. The van der Waals surface area contributed by atoms with E-state index in [-0.39, 0.29) is 22.5 Å². The second-order valence-electron chi connectivity index (χ2n) is 7.05. The van der Waals surface area contributed by atoms with E-state index in [1.165, 1.54) is 16.8 Å². The zero-order valence-electron chi connectivity index (χ0n) is 16.2. The number of para-hydroxylation sites is 1. The summed E-state index contributed by atoms with van der Waals surface area (Å²) in [5.74, 6) is -2.19. The van der Waals surface area contributed by atoms with Gasteiger partial charge in [-0.25, -0.2) is 9.58 Å². The summed E-state index contributed by atoms with van der Waals surface area (Å²) in [6, 6.07) is 24.6. The van der Waals surface area contributed by atoms with E-state index in [1.54, 1.807) is 24.3 Å². The first-order chi connectivity index (χ1) is 15.1. The average Bonchev–Trinajstić information content (AvgIpc) is 3.35. The molecule has 7 heteroatoms. The number of benzene rings is 3. The predicted octanol–water partition coefficient (Wildman–Crippen LogP) is 3.56. The predicted molar refractivity (Wildman–Crippen MR) is 115 cm³/mol. The Morgan fingerprint density at radius 2 is 1.48 bits per heavy atom. The SMILES string of the molecule is Nc1cccc2c1C(=O)N(C(=O)c1cc(-c3ccccc3)nn1-c1ccccc1)C2=O. The quantitative estimate of drug-likeness (QED) is 0.413. The zero-order valence-corrected chi connectivity index (χ0v) is 16.2. The molecule has 0 saturated heterocycles. The second-order valence-corrected chi connectivity index (χ2v) is 7.05. The van der Waals surface area contributed by atoms with Crippen LogP contribution in [0.1, 0.15) is 31.2 Å². The van der Waals surface area contributed by atoms with Crippen molar-refractivity contribution < 1.29 is 14.4 Å². The van der Waals surface area contributed by atoms with Crippen molar-refractivity contribution in [3.05, 3.63) is 102 Å². The minimum absolute atomic E-state index is 0.0508. The van der Waals surface area contributed by atoms with E-state index < -0.39 is 17.7 Å². The lowest BCUT2D eigenvalue weighted by atomic mass is 10.1. The van der Waals surface area contributed by atoms with Gasteiger partial charge in [0.25, 0.3) is 17.7 Å². The number of rotatable bonds is 3. The summed E-state index contributed by atoms with van der Waals surface area (Å²) in [6.07, 6.45) is 0. The number of hydrogen-bond donors (Lipinski definition) is 1. The molecule has 3 amide bonds. The van der Waals surface area contributed by atoms with Gasteiger partial charge in [0.05, 0.1) is 22.5 Å². The van der Waals surface area contributed by atoms with Crippen LogP contribution in [0.4, 0.5) is 5.69 Å². The van der Waals surface area contributed by atoms with Gasteiger partial charge >= 0.3 is 0 Å². The summed E-state index contributed by atoms with van der Waals surface area (Å²) < 4.78 is 1.44. The summed E-state index contributed by atoms with van der Waals surface area (Å²) in [4.78, 5) is 39.9. The number of hydrogen-bond acceptors (Lipinski definition) is 5. The summed E-state index contributed by atoms with van der Waals surface area (Å²) in [7, 11) is 0. The topological polar surface area (TPSA) is 98.3 Å². The number of aromatic nitrogens is 2. The maximum atomic E-state index is 13.5. The van der Waals surface area contributed by atoms with Crippen molar-refractivity contribution in [2.75, 3.05) is 5.73 Å². The van der Waals surface area contributed by atoms with Crippen LogP contribution in [0.2, 0.25) is 0 Å². The Morgan fingerprint density at radius 1 is 0.806 bits per heavy atom. The summed E-state index contributed by atoms with van der Waals surface area (Å²) in [6.45, 7) is 0. The van der Waals surface area contributed by atoms with Crippen molar-refractivity contribution in [1.29, 1.82) is 0 Å². The zero-order chi connectivity index (χ0) is 21.5. The largest absolute Gasteiger partial charge is 0.398 e. The molecule has 0 fully saturated rings. The Labute approximate surface area is 177 Å². The molecule has 0 saturated carbocycles. The molecule has 1 aliphatic heterocycles. The average molecular weight is 408 g/mol. The molecule has 4 aromatic rings. The van der Waals surface area contributed by atoms with Crippen molar-refractivity contribution >= 4 is 23.4 Å². The number of anilines is 1. The summed E-state index contributed by atoms with van der Waals surface area (Å²) >= 11 is 0. The number of nitrogen functional groups attached to an aromatic ring is 1. The first kappa shape index (κ1) is 18.5. The summed E-state index contributed by atoms with van der Waals surface area (Å²) in [5.41, 5.74) is 8.30. The van der Waals surface area contributed by atoms with Crippen molar-refractivity contribution in [2.45, 2.75) is 0 Å². The van der Waals surface area contributed by atoms with Crippen LogP contribution in [0.3, 0.4) is 0 Å². The van der Waals surface area contributed by atoms with Crippen LogP contribution >= 0.6 is 0 Å². The molecule has 0 atom stereocenters. The van der Waals surface area contributed by atoms with Crippen LogP contribution in [-0.4, -0.2) is 32.4 Å². The number of amides is 3. The third-order valence-corrected chi connectivity index (χ3v) is 5.15. The van der Waals surface area contributed by atoms with Gasteiger partial charge in [-0.05, 0) is 30.3 Å². The monoisotopic (exact) mass is 408 g/mol. The fourth-order valence-electron chi connectivity index (χ4n) is 3.66. The molecule has 150 valence electrons. The Morgan fingerprint density at radius 3 is 2.16 bits per heavy atom. The Balaban J connectivity index is 1.64. The Bertz CT molecular complexity index is 1340. The van der Waals surface area contributed by atoms with Gasteiger partial charge in [-0.2, -0.15) is 5.10 Å². The normalized spacial score (nSPS) is 12.8. The van der Waals surface area contributed by atoms with E-state index in [4.69, 9.17) is 5.73 Å². The third kappa shape index (κ3) is 2.91. The smallest absolute Gasteiger partial charge is 0.286 e.